The Morgan fingerprint density at radius 3 is 2.53 bits per heavy atom. The van der Waals surface area contributed by atoms with Gasteiger partial charge in [-0.1, -0.05) is 6.07 Å². The molecule has 0 fully saturated rings. The van der Waals surface area contributed by atoms with Gasteiger partial charge in [-0.3, -0.25) is 4.79 Å². The van der Waals surface area contributed by atoms with E-state index in [1.165, 1.54) is 25.4 Å². The van der Waals surface area contributed by atoms with E-state index in [9.17, 15) is 14.7 Å². The standard InChI is InChI=1S/C12H14O4S/c1-7(9-5-4-6-17-9)10(11(13)14)8(2)12(15)16-3/h4-6,8H,1-3H3,(H,13,14)/b10-7+. The Morgan fingerprint density at radius 1 is 1.47 bits per heavy atom. The van der Waals surface area contributed by atoms with Crippen LogP contribution in [0.2, 0.25) is 0 Å². The highest BCUT2D eigenvalue weighted by Crippen LogP contribution is 2.27. The molecule has 1 unspecified atom stereocenters. The topological polar surface area (TPSA) is 63.6 Å². The first-order valence-electron chi connectivity index (χ1n) is 5.04. The number of allylic oxidation sites excluding steroid dienone is 1. The van der Waals surface area contributed by atoms with Gasteiger partial charge in [0.2, 0.25) is 0 Å². The van der Waals surface area contributed by atoms with Crippen molar-refractivity contribution in [2.75, 3.05) is 7.11 Å². The van der Waals surface area contributed by atoms with Gasteiger partial charge in [0.1, 0.15) is 0 Å². The number of aliphatic carboxylic acids is 1. The van der Waals surface area contributed by atoms with Crippen molar-refractivity contribution in [3.05, 3.63) is 28.0 Å². The highest BCUT2D eigenvalue weighted by Gasteiger charge is 2.26. The van der Waals surface area contributed by atoms with E-state index >= 15 is 0 Å². The van der Waals surface area contributed by atoms with Crippen LogP contribution in [0, 0.1) is 5.92 Å². The molecule has 5 heteroatoms. The Balaban J connectivity index is 3.21. The van der Waals surface area contributed by atoms with Gasteiger partial charge in [-0.15, -0.1) is 11.3 Å². The molecule has 1 heterocycles. The number of ether oxygens (including phenoxy) is 1. The largest absolute Gasteiger partial charge is 0.478 e. The lowest BCUT2D eigenvalue weighted by Crippen LogP contribution is -2.21. The summed E-state index contributed by atoms with van der Waals surface area (Å²) in [5, 5.41) is 11.1. The van der Waals surface area contributed by atoms with E-state index < -0.39 is 17.9 Å². The van der Waals surface area contributed by atoms with E-state index in [1.807, 2.05) is 17.5 Å². The lowest BCUT2D eigenvalue weighted by atomic mass is 9.95. The highest BCUT2D eigenvalue weighted by molar-refractivity contribution is 7.11. The van der Waals surface area contributed by atoms with E-state index in [4.69, 9.17) is 0 Å². The maximum absolute atomic E-state index is 11.4. The fraction of sp³-hybridized carbons (Fsp3) is 0.333. The molecule has 1 N–H and O–H groups in total. The zero-order chi connectivity index (χ0) is 13.0. The third-order valence-corrected chi connectivity index (χ3v) is 3.50. The minimum absolute atomic E-state index is 0.0827. The summed E-state index contributed by atoms with van der Waals surface area (Å²) in [5.41, 5.74) is 0.685. The van der Waals surface area contributed by atoms with Gasteiger partial charge in [-0.25, -0.2) is 4.79 Å². The number of carboxylic acid groups (broad SMARTS) is 1. The van der Waals surface area contributed by atoms with Crippen molar-refractivity contribution in [3.63, 3.8) is 0 Å². The van der Waals surface area contributed by atoms with Gasteiger partial charge < -0.3 is 9.84 Å². The molecule has 1 aromatic rings. The number of carboxylic acids is 1. The fourth-order valence-electron chi connectivity index (χ4n) is 1.59. The monoisotopic (exact) mass is 254 g/mol. The van der Waals surface area contributed by atoms with Crippen LogP contribution in [-0.4, -0.2) is 24.2 Å². The van der Waals surface area contributed by atoms with Crippen molar-refractivity contribution in [3.8, 4) is 0 Å². The Bertz CT molecular complexity index is 445. The molecule has 17 heavy (non-hydrogen) atoms. The molecule has 0 saturated heterocycles. The van der Waals surface area contributed by atoms with Gasteiger partial charge >= 0.3 is 11.9 Å². The van der Waals surface area contributed by atoms with Crippen molar-refractivity contribution >= 4 is 28.8 Å². The van der Waals surface area contributed by atoms with Crippen LogP contribution >= 0.6 is 11.3 Å². The summed E-state index contributed by atoms with van der Waals surface area (Å²) in [4.78, 5) is 23.5. The minimum atomic E-state index is -1.09. The van der Waals surface area contributed by atoms with Crippen molar-refractivity contribution in [1.29, 1.82) is 0 Å². The molecule has 0 aliphatic carbocycles. The number of hydrogen-bond donors (Lipinski definition) is 1. The van der Waals surface area contributed by atoms with Crippen LogP contribution in [0.5, 0.6) is 0 Å². The normalized spacial score (nSPS) is 13.8. The van der Waals surface area contributed by atoms with Crippen LogP contribution in [0.1, 0.15) is 18.7 Å². The summed E-state index contributed by atoms with van der Waals surface area (Å²) >= 11 is 1.44. The fourth-order valence-corrected chi connectivity index (χ4v) is 2.34. The van der Waals surface area contributed by atoms with E-state index in [2.05, 4.69) is 4.74 Å². The number of carbonyl (C=O) groups excluding carboxylic acids is 1. The van der Waals surface area contributed by atoms with Gasteiger partial charge in [0.25, 0.3) is 0 Å². The van der Waals surface area contributed by atoms with Gasteiger partial charge in [0.15, 0.2) is 0 Å². The summed E-state index contributed by atoms with van der Waals surface area (Å²) < 4.78 is 4.58. The van der Waals surface area contributed by atoms with Gasteiger partial charge in [0.05, 0.1) is 18.6 Å². The van der Waals surface area contributed by atoms with Crippen molar-refractivity contribution in [1.82, 2.24) is 0 Å². The molecule has 0 bridgehead atoms. The third-order valence-electron chi connectivity index (χ3n) is 2.51. The van der Waals surface area contributed by atoms with Crippen molar-refractivity contribution < 1.29 is 19.4 Å². The van der Waals surface area contributed by atoms with Gasteiger partial charge in [0, 0.05) is 4.88 Å². The lowest BCUT2D eigenvalue weighted by Gasteiger charge is -2.13. The molecular formula is C12H14O4S. The molecule has 1 rings (SSSR count). The maximum atomic E-state index is 11.4. The first kappa shape index (κ1) is 13.4. The number of hydrogen-bond acceptors (Lipinski definition) is 4. The summed E-state index contributed by atoms with van der Waals surface area (Å²) in [6, 6.07) is 3.67. The second kappa shape index (κ2) is 5.63. The molecule has 92 valence electrons. The van der Waals surface area contributed by atoms with Crippen LogP contribution in [0.25, 0.3) is 5.57 Å². The second-order valence-electron chi connectivity index (χ2n) is 3.57. The SMILES string of the molecule is COC(=O)C(C)/C(C(=O)O)=C(/C)c1cccs1. The van der Waals surface area contributed by atoms with Crippen LogP contribution in [-0.2, 0) is 14.3 Å². The quantitative estimate of drug-likeness (QED) is 0.662. The van der Waals surface area contributed by atoms with Crippen molar-refractivity contribution in [2.24, 2.45) is 5.92 Å². The minimum Gasteiger partial charge on any atom is -0.478 e. The predicted octanol–water partition coefficient (Wildman–Crippen LogP) is 2.42. The van der Waals surface area contributed by atoms with Crippen LogP contribution < -0.4 is 0 Å². The second-order valence-corrected chi connectivity index (χ2v) is 4.51. The van der Waals surface area contributed by atoms with Crippen LogP contribution in [0.3, 0.4) is 0 Å². The first-order chi connectivity index (χ1) is 7.99. The Kier molecular flexibility index (Phi) is 4.45. The predicted molar refractivity (Wildman–Crippen MR) is 65.7 cm³/mol. The zero-order valence-corrected chi connectivity index (χ0v) is 10.7. The molecule has 0 spiro atoms. The number of rotatable bonds is 4. The molecule has 0 aliphatic rings. The molecule has 1 aromatic heterocycles. The maximum Gasteiger partial charge on any atom is 0.332 e. The summed E-state index contributed by atoms with van der Waals surface area (Å²) in [6.45, 7) is 3.24. The molecule has 0 amide bonds. The number of methoxy groups -OCH3 is 1. The Hall–Kier alpha value is -1.62. The zero-order valence-electron chi connectivity index (χ0n) is 9.89. The average Bonchev–Trinajstić information content (AvgIpc) is 2.80. The molecule has 0 aliphatic heterocycles. The molecule has 0 radical (unpaired) electrons. The molecule has 0 saturated carbocycles. The number of carbonyl (C=O) groups is 2. The Labute approximate surface area is 104 Å². The van der Waals surface area contributed by atoms with E-state index in [1.54, 1.807) is 6.92 Å². The van der Waals surface area contributed by atoms with E-state index in [0.29, 0.717) is 5.57 Å². The summed E-state index contributed by atoms with van der Waals surface area (Å²) in [7, 11) is 1.25. The number of esters is 1. The smallest absolute Gasteiger partial charge is 0.332 e. The van der Waals surface area contributed by atoms with Gasteiger partial charge in [-0.05, 0) is 30.9 Å². The Morgan fingerprint density at radius 2 is 2.12 bits per heavy atom. The number of thiophene rings is 1. The van der Waals surface area contributed by atoms with E-state index in [0.717, 1.165) is 4.88 Å². The van der Waals surface area contributed by atoms with Gasteiger partial charge in [-0.2, -0.15) is 0 Å². The summed E-state index contributed by atoms with van der Waals surface area (Å²) in [6.07, 6.45) is 0. The molecule has 0 aromatic carbocycles. The summed E-state index contributed by atoms with van der Waals surface area (Å²) in [5.74, 6) is -2.41. The molecule has 1 atom stereocenters. The third kappa shape index (κ3) is 2.94. The van der Waals surface area contributed by atoms with Crippen LogP contribution in [0.4, 0.5) is 0 Å². The first-order valence-corrected chi connectivity index (χ1v) is 5.92. The average molecular weight is 254 g/mol. The molecule has 4 nitrogen and oxygen atoms in total. The van der Waals surface area contributed by atoms with E-state index in [-0.39, 0.29) is 5.57 Å². The van der Waals surface area contributed by atoms with Crippen LogP contribution in [0.15, 0.2) is 23.1 Å². The van der Waals surface area contributed by atoms with Crippen molar-refractivity contribution in [2.45, 2.75) is 13.8 Å². The lowest BCUT2D eigenvalue weighted by molar-refractivity contribution is -0.146. The highest BCUT2D eigenvalue weighted by atomic mass is 32.1. The molecular weight excluding hydrogens is 240 g/mol.